The Morgan fingerprint density at radius 3 is 2.33 bits per heavy atom. The lowest BCUT2D eigenvalue weighted by Crippen LogP contribution is -2.54. The van der Waals surface area contributed by atoms with Crippen molar-refractivity contribution < 1.29 is 24.2 Å². The van der Waals surface area contributed by atoms with Gasteiger partial charge in [-0.1, -0.05) is 0 Å². The molecule has 0 saturated heterocycles. The van der Waals surface area contributed by atoms with E-state index >= 15 is 0 Å². The predicted octanol–water partition coefficient (Wildman–Crippen LogP) is 0.861. The molecule has 0 heterocycles. The van der Waals surface area contributed by atoms with Crippen LogP contribution in [-0.2, 0) is 19.1 Å². The molecule has 112 valence electrons. The van der Waals surface area contributed by atoms with Crippen molar-refractivity contribution in [3.8, 4) is 0 Å². The second-order valence-corrected chi connectivity index (χ2v) is 5.09. The van der Waals surface area contributed by atoms with Gasteiger partial charge in [0, 0.05) is 11.4 Å². The number of carboxylic acid groups (broad SMARTS) is 1. The van der Waals surface area contributed by atoms with Crippen molar-refractivity contribution in [2.24, 2.45) is 11.3 Å². The largest absolute Gasteiger partial charge is 0.481 e. The Hall–Kier alpha value is -2.57. The SMILES string of the molecule is COC(=O)C1(C(=O)Nc2ccc(N)cc2)CC(C(=O)O)C1. The number of carbonyl (C=O) groups excluding carboxylic acids is 2. The van der Waals surface area contributed by atoms with E-state index in [0.717, 1.165) is 0 Å². The number of aliphatic carboxylic acids is 1. The molecule has 0 bridgehead atoms. The van der Waals surface area contributed by atoms with Crippen LogP contribution in [0.3, 0.4) is 0 Å². The number of ether oxygens (including phenoxy) is 1. The van der Waals surface area contributed by atoms with Gasteiger partial charge in [0.05, 0.1) is 13.0 Å². The van der Waals surface area contributed by atoms with Crippen molar-refractivity contribution in [1.29, 1.82) is 0 Å². The van der Waals surface area contributed by atoms with E-state index in [9.17, 15) is 14.4 Å². The lowest BCUT2D eigenvalue weighted by Gasteiger charge is -2.41. The first-order chi connectivity index (χ1) is 9.89. The third-order valence-electron chi connectivity index (χ3n) is 3.72. The lowest BCUT2D eigenvalue weighted by atomic mass is 9.61. The highest BCUT2D eigenvalue weighted by atomic mass is 16.5. The lowest BCUT2D eigenvalue weighted by molar-refractivity contribution is -0.171. The number of anilines is 2. The van der Waals surface area contributed by atoms with Crippen molar-refractivity contribution in [2.45, 2.75) is 12.8 Å². The van der Waals surface area contributed by atoms with E-state index in [4.69, 9.17) is 10.8 Å². The summed E-state index contributed by atoms with van der Waals surface area (Å²) in [7, 11) is 1.18. The first-order valence-corrected chi connectivity index (χ1v) is 6.37. The third-order valence-corrected chi connectivity index (χ3v) is 3.72. The molecule has 0 aliphatic heterocycles. The fourth-order valence-electron chi connectivity index (χ4n) is 2.41. The number of benzene rings is 1. The molecule has 0 spiro atoms. The Balaban J connectivity index is 2.15. The van der Waals surface area contributed by atoms with E-state index in [1.54, 1.807) is 24.3 Å². The van der Waals surface area contributed by atoms with Gasteiger partial charge in [-0.3, -0.25) is 14.4 Å². The smallest absolute Gasteiger partial charge is 0.321 e. The van der Waals surface area contributed by atoms with E-state index in [1.807, 2.05) is 0 Å². The molecule has 0 radical (unpaired) electrons. The molecule has 0 unspecified atom stereocenters. The number of carboxylic acids is 1. The number of amides is 1. The Morgan fingerprint density at radius 1 is 1.29 bits per heavy atom. The van der Waals surface area contributed by atoms with Gasteiger partial charge in [-0.2, -0.15) is 0 Å². The number of nitrogen functional groups attached to an aromatic ring is 1. The van der Waals surface area contributed by atoms with Crippen LogP contribution >= 0.6 is 0 Å². The standard InChI is InChI=1S/C14H16N2O5/c1-21-13(20)14(6-8(7-14)11(17)18)12(19)16-10-4-2-9(15)3-5-10/h2-5,8H,6-7,15H2,1H3,(H,16,19)(H,17,18). The molecule has 2 rings (SSSR count). The first kappa shape index (κ1) is 14.8. The summed E-state index contributed by atoms with van der Waals surface area (Å²) in [5.41, 5.74) is 5.15. The van der Waals surface area contributed by atoms with Gasteiger partial charge in [-0.15, -0.1) is 0 Å². The Bertz CT molecular complexity index is 576. The molecule has 1 aliphatic rings. The van der Waals surface area contributed by atoms with Crippen LogP contribution in [0, 0.1) is 11.3 Å². The zero-order valence-electron chi connectivity index (χ0n) is 11.5. The van der Waals surface area contributed by atoms with Crippen molar-refractivity contribution >= 4 is 29.2 Å². The Labute approximate surface area is 121 Å². The van der Waals surface area contributed by atoms with Crippen molar-refractivity contribution in [2.75, 3.05) is 18.2 Å². The molecule has 1 saturated carbocycles. The van der Waals surface area contributed by atoms with Crippen molar-refractivity contribution in [3.05, 3.63) is 24.3 Å². The van der Waals surface area contributed by atoms with Crippen LogP contribution < -0.4 is 11.1 Å². The van der Waals surface area contributed by atoms with Crippen LogP contribution in [0.5, 0.6) is 0 Å². The van der Waals surface area contributed by atoms with Crippen LogP contribution in [0.1, 0.15) is 12.8 Å². The molecule has 1 aliphatic carbocycles. The van der Waals surface area contributed by atoms with Gasteiger partial charge in [0.25, 0.3) is 0 Å². The van der Waals surface area contributed by atoms with Crippen LogP contribution in [0.15, 0.2) is 24.3 Å². The number of hydrogen-bond acceptors (Lipinski definition) is 5. The van der Waals surface area contributed by atoms with Gasteiger partial charge in [-0.25, -0.2) is 0 Å². The molecule has 1 fully saturated rings. The highest BCUT2D eigenvalue weighted by molar-refractivity contribution is 6.10. The summed E-state index contributed by atoms with van der Waals surface area (Å²) in [6.45, 7) is 0. The minimum atomic E-state index is -1.43. The molecular weight excluding hydrogens is 276 g/mol. The number of nitrogens with two attached hydrogens (primary N) is 1. The van der Waals surface area contributed by atoms with E-state index in [0.29, 0.717) is 11.4 Å². The molecule has 0 aromatic heterocycles. The van der Waals surface area contributed by atoms with Gasteiger partial charge in [-0.05, 0) is 37.1 Å². The second kappa shape index (κ2) is 5.43. The molecule has 1 aromatic rings. The van der Waals surface area contributed by atoms with Crippen LogP contribution in [-0.4, -0.2) is 30.1 Å². The van der Waals surface area contributed by atoms with Crippen LogP contribution in [0.25, 0.3) is 0 Å². The fraction of sp³-hybridized carbons (Fsp3) is 0.357. The maximum Gasteiger partial charge on any atom is 0.321 e. The molecule has 4 N–H and O–H groups in total. The summed E-state index contributed by atoms with van der Waals surface area (Å²) in [5, 5.41) is 11.5. The van der Waals surface area contributed by atoms with Gasteiger partial charge >= 0.3 is 11.9 Å². The number of carbonyl (C=O) groups is 3. The van der Waals surface area contributed by atoms with Crippen molar-refractivity contribution in [3.63, 3.8) is 0 Å². The van der Waals surface area contributed by atoms with E-state index < -0.39 is 29.2 Å². The zero-order chi connectivity index (χ0) is 15.6. The summed E-state index contributed by atoms with van der Waals surface area (Å²) in [6.07, 6.45) is -0.119. The molecular formula is C14H16N2O5. The molecule has 7 heteroatoms. The van der Waals surface area contributed by atoms with Gasteiger partial charge in [0.15, 0.2) is 0 Å². The predicted molar refractivity (Wildman–Crippen MR) is 74.3 cm³/mol. The van der Waals surface area contributed by atoms with Gasteiger partial charge in [0.2, 0.25) is 5.91 Å². The number of rotatable bonds is 4. The summed E-state index contributed by atoms with van der Waals surface area (Å²) in [6, 6.07) is 6.43. The topological polar surface area (TPSA) is 119 Å². The number of hydrogen-bond donors (Lipinski definition) is 3. The Morgan fingerprint density at radius 2 is 1.86 bits per heavy atom. The molecule has 0 atom stereocenters. The highest BCUT2D eigenvalue weighted by Crippen LogP contribution is 2.47. The second-order valence-electron chi connectivity index (χ2n) is 5.09. The average molecular weight is 292 g/mol. The number of nitrogens with one attached hydrogen (secondary N) is 1. The summed E-state index contributed by atoms with van der Waals surface area (Å²) in [4.78, 5) is 35.1. The van der Waals surface area contributed by atoms with E-state index in [1.165, 1.54) is 7.11 Å². The normalized spacial score (nSPS) is 23.8. The van der Waals surface area contributed by atoms with Gasteiger partial charge in [0.1, 0.15) is 5.41 Å². The van der Waals surface area contributed by atoms with Crippen molar-refractivity contribution in [1.82, 2.24) is 0 Å². The Kier molecular flexibility index (Phi) is 3.84. The van der Waals surface area contributed by atoms with E-state index in [-0.39, 0.29) is 12.8 Å². The van der Waals surface area contributed by atoms with Gasteiger partial charge < -0.3 is 20.9 Å². The minimum absolute atomic E-state index is 0.0597. The maximum atomic E-state index is 12.3. The molecule has 1 amide bonds. The maximum absolute atomic E-state index is 12.3. The first-order valence-electron chi connectivity index (χ1n) is 6.37. The molecule has 1 aromatic carbocycles. The zero-order valence-corrected chi connectivity index (χ0v) is 11.5. The summed E-state index contributed by atoms with van der Waals surface area (Å²) in [5.74, 6) is -3.00. The average Bonchev–Trinajstić information content (AvgIpc) is 2.39. The number of esters is 1. The fourth-order valence-corrected chi connectivity index (χ4v) is 2.41. The monoisotopic (exact) mass is 292 g/mol. The number of methoxy groups -OCH3 is 1. The molecule has 7 nitrogen and oxygen atoms in total. The summed E-state index contributed by atoms with van der Waals surface area (Å²) >= 11 is 0. The summed E-state index contributed by atoms with van der Waals surface area (Å²) < 4.78 is 4.65. The minimum Gasteiger partial charge on any atom is -0.481 e. The van der Waals surface area contributed by atoms with Crippen LogP contribution in [0.4, 0.5) is 11.4 Å². The molecule has 21 heavy (non-hydrogen) atoms. The van der Waals surface area contributed by atoms with Crippen LogP contribution in [0.2, 0.25) is 0 Å². The van der Waals surface area contributed by atoms with E-state index in [2.05, 4.69) is 10.1 Å². The highest BCUT2D eigenvalue weighted by Gasteiger charge is 2.59. The quantitative estimate of drug-likeness (QED) is 0.430. The third kappa shape index (κ3) is 2.67.